The van der Waals surface area contributed by atoms with Crippen LogP contribution in [-0.2, 0) is 9.59 Å². The maximum atomic E-state index is 12.6. The number of aryl methyl sites for hydroxylation is 2. The maximum Gasteiger partial charge on any atom is 0.294 e. The predicted octanol–water partition coefficient (Wildman–Crippen LogP) is 3.69. The van der Waals surface area contributed by atoms with Crippen LogP contribution in [0.15, 0.2) is 41.3 Å². The highest BCUT2D eigenvalue weighted by Gasteiger charge is 2.36. The number of rotatable bonds is 5. The zero-order valence-electron chi connectivity index (χ0n) is 16.2. The fraction of sp³-hybridized carbons (Fsp3) is 0.190. The number of hydrogen-bond acceptors (Lipinski definition) is 6. The number of nitrogens with zero attached hydrogens (tertiary/aromatic N) is 1. The molecule has 0 aliphatic carbocycles. The Hall–Kier alpha value is -3.26. The number of aromatic hydroxyl groups is 1. The Kier molecular flexibility index (Phi) is 5.93. The summed E-state index contributed by atoms with van der Waals surface area (Å²) in [5, 5.41) is 11.9. The molecular formula is C21H20N2O5S. The SMILES string of the molecule is COc1cc(C=C2SC(=O)N(CC(=O)Nc3ccc(C)c(C)c3)C2=O)ccc1O. The number of carbonyl (C=O) groups is 3. The second-order valence-electron chi connectivity index (χ2n) is 6.55. The Balaban J connectivity index is 1.71. The molecule has 2 aromatic carbocycles. The van der Waals surface area contributed by atoms with Gasteiger partial charge in [-0.15, -0.1) is 0 Å². The summed E-state index contributed by atoms with van der Waals surface area (Å²) in [6.45, 7) is 3.54. The van der Waals surface area contributed by atoms with Crippen LogP contribution in [0.2, 0.25) is 0 Å². The number of nitrogens with one attached hydrogen (secondary N) is 1. The molecule has 2 aromatic rings. The molecular weight excluding hydrogens is 392 g/mol. The maximum absolute atomic E-state index is 12.6. The summed E-state index contributed by atoms with van der Waals surface area (Å²) in [5.41, 5.74) is 3.33. The van der Waals surface area contributed by atoms with Gasteiger partial charge in [0.2, 0.25) is 5.91 Å². The first-order chi connectivity index (χ1) is 13.8. The minimum Gasteiger partial charge on any atom is -0.504 e. The van der Waals surface area contributed by atoms with Gasteiger partial charge in [0.1, 0.15) is 6.54 Å². The van der Waals surface area contributed by atoms with Gasteiger partial charge in [-0.25, -0.2) is 0 Å². The van der Waals surface area contributed by atoms with E-state index in [-0.39, 0.29) is 22.9 Å². The van der Waals surface area contributed by atoms with Crippen LogP contribution in [0.1, 0.15) is 16.7 Å². The fourth-order valence-electron chi connectivity index (χ4n) is 2.73. The average molecular weight is 412 g/mol. The first kappa shape index (κ1) is 20.5. The Labute approximate surface area is 172 Å². The molecule has 1 aliphatic heterocycles. The smallest absolute Gasteiger partial charge is 0.294 e. The average Bonchev–Trinajstić information content (AvgIpc) is 2.93. The van der Waals surface area contributed by atoms with Gasteiger partial charge >= 0.3 is 0 Å². The highest BCUT2D eigenvalue weighted by atomic mass is 32.2. The van der Waals surface area contributed by atoms with Gasteiger partial charge in [-0.3, -0.25) is 19.3 Å². The van der Waals surface area contributed by atoms with Crippen LogP contribution in [0.5, 0.6) is 11.5 Å². The number of hydrogen-bond donors (Lipinski definition) is 2. The molecule has 0 atom stereocenters. The molecule has 3 amide bonds. The van der Waals surface area contributed by atoms with Crippen molar-refractivity contribution in [1.29, 1.82) is 0 Å². The van der Waals surface area contributed by atoms with Crippen molar-refractivity contribution in [3.05, 3.63) is 58.0 Å². The quantitative estimate of drug-likeness (QED) is 0.727. The number of phenolic OH excluding ortho intramolecular Hbond substituents is 1. The van der Waals surface area contributed by atoms with Crippen LogP contribution < -0.4 is 10.1 Å². The summed E-state index contributed by atoms with van der Waals surface area (Å²) < 4.78 is 5.04. The van der Waals surface area contributed by atoms with Crippen molar-refractivity contribution in [3.63, 3.8) is 0 Å². The molecule has 1 heterocycles. The Bertz CT molecular complexity index is 1030. The van der Waals surface area contributed by atoms with Crippen LogP contribution in [0.3, 0.4) is 0 Å². The molecule has 0 unspecified atom stereocenters. The zero-order chi connectivity index (χ0) is 21.1. The highest BCUT2D eigenvalue weighted by Crippen LogP contribution is 2.34. The van der Waals surface area contributed by atoms with Gasteiger partial charge in [0.15, 0.2) is 11.5 Å². The molecule has 0 aromatic heterocycles. The molecule has 29 heavy (non-hydrogen) atoms. The largest absolute Gasteiger partial charge is 0.504 e. The molecule has 0 bridgehead atoms. The Morgan fingerprint density at radius 1 is 1.17 bits per heavy atom. The van der Waals surface area contributed by atoms with Gasteiger partial charge < -0.3 is 15.2 Å². The second kappa shape index (κ2) is 8.40. The van der Waals surface area contributed by atoms with Crippen LogP contribution in [0, 0.1) is 13.8 Å². The fourth-order valence-corrected chi connectivity index (χ4v) is 3.57. The van der Waals surface area contributed by atoms with Gasteiger partial charge in [0.05, 0.1) is 12.0 Å². The van der Waals surface area contributed by atoms with Crippen molar-refractivity contribution < 1.29 is 24.2 Å². The summed E-state index contributed by atoms with van der Waals surface area (Å²) in [4.78, 5) is 38.2. The van der Waals surface area contributed by atoms with E-state index in [9.17, 15) is 19.5 Å². The van der Waals surface area contributed by atoms with Crippen molar-refractivity contribution in [3.8, 4) is 11.5 Å². The van der Waals surface area contributed by atoms with Crippen molar-refractivity contribution >= 4 is 40.6 Å². The molecule has 1 fully saturated rings. The monoisotopic (exact) mass is 412 g/mol. The number of ether oxygens (including phenoxy) is 1. The highest BCUT2D eigenvalue weighted by molar-refractivity contribution is 8.18. The summed E-state index contributed by atoms with van der Waals surface area (Å²) >= 11 is 0.762. The molecule has 150 valence electrons. The number of amides is 3. The van der Waals surface area contributed by atoms with Crippen molar-refractivity contribution in [2.75, 3.05) is 19.0 Å². The van der Waals surface area contributed by atoms with E-state index in [4.69, 9.17) is 4.74 Å². The van der Waals surface area contributed by atoms with E-state index in [0.29, 0.717) is 11.3 Å². The van der Waals surface area contributed by atoms with Gasteiger partial charge in [-0.1, -0.05) is 12.1 Å². The third-order valence-corrected chi connectivity index (χ3v) is 5.37. The molecule has 0 saturated carbocycles. The standard InChI is InChI=1S/C21H20N2O5S/c1-12-4-6-15(8-13(12)2)22-19(25)11-23-20(26)18(29-21(23)27)10-14-5-7-16(24)17(9-14)28-3/h4-10,24H,11H2,1-3H3,(H,22,25). The van der Waals surface area contributed by atoms with E-state index in [0.717, 1.165) is 27.8 Å². The lowest BCUT2D eigenvalue weighted by molar-refractivity contribution is -0.127. The van der Waals surface area contributed by atoms with E-state index in [1.165, 1.54) is 19.3 Å². The second-order valence-corrected chi connectivity index (χ2v) is 7.54. The predicted molar refractivity (Wildman–Crippen MR) is 112 cm³/mol. The Morgan fingerprint density at radius 3 is 2.62 bits per heavy atom. The van der Waals surface area contributed by atoms with Gasteiger partial charge in [-0.2, -0.15) is 0 Å². The number of imide groups is 1. The molecule has 7 nitrogen and oxygen atoms in total. The summed E-state index contributed by atoms with van der Waals surface area (Å²) in [7, 11) is 1.42. The first-order valence-corrected chi connectivity index (χ1v) is 9.59. The van der Waals surface area contributed by atoms with Crippen LogP contribution in [0.4, 0.5) is 10.5 Å². The van der Waals surface area contributed by atoms with Crippen molar-refractivity contribution in [2.45, 2.75) is 13.8 Å². The number of anilines is 1. The van der Waals surface area contributed by atoms with E-state index >= 15 is 0 Å². The molecule has 0 spiro atoms. The Morgan fingerprint density at radius 2 is 1.93 bits per heavy atom. The van der Waals surface area contributed by atoms with E-state index in [1.54, 1.807) is 18.2 Å². The first-order valence-electron chi connectivity index (χ1n) is 8.78. The minimum absolute atomic E-state index is 0.0271. The lowest BCUT2D eigenvalue weighted by Crippen LogP contribution is -2.36. The number of phenols is 1. The number of carbonyl (C=O) groups excluding carboxylic acids is 3. The van der Waals surface area contributed by atoms with Gasteiger partial charge in [-0.05, 0) is 72.6 Å². The molecule has 2 N–H and O–H groups in total. The lowest BCUT2D eigenvalue weighted by atomic mass is 10.1. The van der Waals surface area contributed by atoms with Crippen molar-refractivity contribution in [2.24, 2.45) is 0 Å². The van der Waals surface area contributed by atoms with Crippen molar-refractivity contribution in [1.82, 2.24) is 4.90 Å². The minimum atomic E-state index is -0.540. The molecule has 3 rings (SSSR count). The number of methoxy groups -OCH3 is 1. The number of benzene rings is 2. The summed E-state index contributed by atoms with van der Waals surface area (Å²) in [6, 6.07) is 10.1. The summed E-state index contributed by atoms with van der Waals surface area (Å²) in [5.74, 6) is -0.767. The molecule has 1 saturated heterocycles. The van der Waals surface area contributed by atoms with Crippen LogP contribution >= 0.6 is 11.8 Å². The topological polar surface area (TPSA) is 95.9 Å². The third kappa shape index (κ3) is 4.60. The molecule has 1 aliphatic rings. The van der Waals surface area contributed by atoms with Gasteiger partial charge in [0, 0.05) is 5.69 Å². The van der Waals surface area contributed by atoms with Gasteiger partial charge in [0.25, 0.3) is 11.1 Å². The zero-order valence-corrected chi connectivity index (χ0v) is 17.0. The van der Waals surface area contributed by atoms with E-state index in [2.05, 4.69) is 5.32 Å². The number of thioether (sulfide) groups is 1. The van der Waals surface area contributed by atoms with E-state index < -0.39 is 17.1 Å². The van der Waals surface area contributed by atoms with Crippen LogP contribution in [0.25, 0.3) is 6.08 Å². The van der Waals surface area contributed by atoms with Crippen LogP contribution in [-0.4, -0.2) is 40.7 Å². The molecule has 0 radical (unpaired) electrons. The summed E-state index contributed by atoms with van der Waals surface area (Å²) in [6.07, 6.45) is 1.52. The lowest BCUT2D eigenvalue weighted by Gasteiger charge is -2.13. The normalized spacial score (nSPS) is 15.1. The van der Waals surface area contributed by atoms with E-state index in [1.807, 2.05) is 26.0 Å². The third-order valence-electron chi connectivity index (χ3n) is 4.47. The molecule has 8 heteroatoms.